The molecular formula is C17H21FO4S. The summed E-state index contributed by atoms with van der Waals surface area (Å²) in [6.07, 6.45) is 4.31. The third-order valence-corrected chi connectivity index (χ3v) is 6.91. The Hall–Kier alpha value is -1.43. The Morgan fingerprint density at radius 2 is 1.96 bits per heavy atom. The summed E-state index contributed by atoms with van der Waals surface area (Å²) in [6.45, 7) is 1.57. The number of sulfone groups is 1. The third kappa shape index (κ3) is 3.57. The predicted molar refractivity (Wildman–Crippen MR) is 82.9 cm³/mol. The molecule has 0 radical (unpaired) electrons. The van der Waals surface area contributed by atoms with E-state index in [1.807, 2.05) is 0 Å². The first-order valence-corrected chi connectivity index (χ1v) is 9.69. The number of carbonyl (C=O) groups is 1. The van der Waals surface area contributed by atoms with Gasteiger partial charge in [0.05, 0.1) is 16.6 Å². The fourth-order valence-electron chi connectivity index (χ4n) is 3.73. The molecule has 0 aliphatic heterocycles. The molecule has 2 aliphatic carbocycles. The molecule has 0 amide bonds. The van der Waals surface area contributed by atoms with Gasteiger partial charge in [0.15, 0.2) is 9.84 Å². The van der Waals surface area contributed by atoms with Crippen molar-refractivity contribution in [1.82, 2.24) is 0 Å². The highest BCUT2D eigenvalue weighted by atomic mass is 32.2. The molecular weight excluding hydrogens is 319 g/mol. The molecule has 0 unspecified atom stereocenters. The lowest BCUT2D eigenvalue weighted by Crippen LogP contribution is -2.30. The van der Waals surface area contributed by atoms with Gasteiger partial charge in [-0.2, -0.15) is 0 Å². The van der Waals surface area contributed by atoms with E-state index in [1.165, 1.54) is 18.6 Å². The molecule has 2 fully saturated rings. The number of esters is 1. The number of carbonyl (C=O) groups excluding carboxylic acids is 1. The highest BCUT2D eigenvalue weighted by Gasteiger charge is 2.42. The smallest absolute Gasteiger partial charge is 0.309 e. The molecule has 0 N–H and O–H groups in total. The Kier molecular flexibility index (Phi) is 4.45. The second-order valence-electron chi connectivity index (χ2n) is 6.79. The Balaban J connectivity index is 1.60. The van der Waals surface area contributed by atoms with Gasteiger partial charge in [-0.1, -0.05) is 6.92 Å². The van der Waals surface area contributed by atoms with Gasteiger partial charge in [-0.25, -0.2) is 12.8 Å². The van der Waals surface area contributed by atoms with Gasteiger partial charge in [-0.05, 0) is 61.8 Å². The van der Waals surface area contributed by atoms with E-state index >= 15 is 0 Å². The minimum absolute atomic E-state index is 0.0264. The van der Waals surface area contributed by atoms with E-state index in [9.17, 15) is 17.6 Å². The molecule has 4 nitrogen and oxygen atoms in total. The van der Waals surface area contributed by atoms with Gasteiger partial charge in [0.1, 0.15) is 11.9 Å². The maximum Gasteiger partial charge on any atom is 0.309 e. The molecule has 2 saturated carbocycles. The molecule has 2 aliphatic rings. The molecule has 4 atom stereocenters. The van der Waals surface area contributed by atoms with E-state index in [2.05, 4.69) is 0 Å². The second kappa shape index (κ2) is 6.23. The largest absolute Gasteiger partial charge is 0.462 e. The topological polar surface area (TPSA) is 60.4 Å². The Morgan fingerprint density at radius 1 is 1.26 bits per heavy atom. The van der Waals surface area contributed by atoms with Gasteiger partial charge in [0.25, 0.3) is 0 Å². The van der Waals surface area contributed by atoms with Crippen LogP contribution in [0.2, 0.25) is 0 Å². The first-order valence-electron chi connectivity index (χ1n) is 8.04. The number of rotatable bonds is 5. The van der Waals surface area contributed by atoms with Crippen LogP contribution in [-0.4, -0.2) is 26.2 Å². The maximum atomic E-state index is 12.9. The van der Waals surface area contributed by atoms with Crippen LogP contribution in [0.15, 0.2) is 29.2 Å². The van der Waals surface area contributed by atoms with Crippen LogP contribution in [0.1, 0.15) is 32.6 Å². The summed E-state index contributed by atoms with van der Waals surface area (Å²) < 4.78 is 43.0. The lowest BCUT2D eigenvalue weighted by atomic mass is 9.97. The summed E-state index contributed by atoms with van der Waals surface area (Å²) in [4.78, 5) is 12.2. The van der Waals surface area contributed by atoms with Gasteiger partial charge >= 0.3 is 5.97 Å². The number of halogens is 1. The number of benzene rings is 1. The SMILES string of the molecule is C[C@H](CS(=O)(=O)c1ccc(F)cc1)C(=O)O[C@H]1C[C@H]2CC[C@H]1C2. The number of ether oxygens (including phenoxy) is 1. The number of fused-ring (bicyclic) bond motifs is 2. The van der Waals surface area contributed by atoms with Crippen LogP contribution in [0.25, 0.3) is 0 Å². The van der Waals surface area contributed by atoms with Crippen LogP contribution < -0.4 is 0 Å². The molecule has 23 heavy (non-hydrogen) atoms. The zero-order chi connectivity index (χ0) is 16.6. The highest BCUT2D eigenvalue weighted by Crippen LogP contribution is 2.46. The molecule has 1 aromatic rings. The van der Waals surface area contributed by atoms with Crippen molar-refractivity contribution in [3.63, 3.8) is 0 Å². The first kappa shape index (κ1) is 16.4. The maximum absolute atomic E-state index is 12.9. The van der Waals surface area contributed by atoms with Crippen molar-refractivity contribution in [1.29, 1.82) is 0 Å². The van der Waals surface area contributed by atoms with Crippen LogP contribution in [0, 0.1) is 23.6 Å². The van der Waals surface area contributed by atoms with Gasteiger partial charge in [-0.15, -0.1) is 0 Å². The molecule has 0 saturated heterocycles. The zero-order valence-corrected chi connectivity index (χ0v) is 13.9. The van der Waals surface area contributed by atoms with Crippen LogP contribution in [-0.2, 0) is 19.4 Å². The summed E-state index contributed by atoms with van der Waals surface area (Å²) in [7, 11) is -3.63. The Labute approximate surface area is 136 Å². The van der Waals surface area contributed by atoms with Crippen LogP contribution in [0.3, 0.4) is 0 Å². The molecule has 0 aromatic heterocycles. The average Bonchev–Trinajstić information content (AvgIpc) is 3.09. The van der Waals surface area contributed by atoms with E-state index in [0.717, 1.165) is 31.4 Å². The highest BCUT2D eigenvalue weighted by molar-refractivity contribution is 7.91. The minimum atomic E-state index is -3.63. The summed E-state index contributed by atoms with van der Waals surface area (Å²) in [5.41, 5.74) is 0. The monoisotopic (exact) mass is 340 g/mol. The molecule has 126 valence electrons. The number of hydrogen-bond donors (Lipinski definition) is 0. The molecule has 3 rings (SSSR count). The van der Waals surface area contributed by atoms with Crippen molar-refractivity contribution in [3.8, 4) is 0 Å². The van der Waals surface area contributed by atoms with Gasteiger partial charge in [0, 0.05) is 0 Å². The number of hydrogen-bond acceptors (Lipinski definition) is 4. The molecule has 6 heteroatoms. The Bertz CT molecular complexity index is 683. The van der Waals surface area contributed by atoms with Crippen molar-refractivity contribution in [2.75, 3.05) is 5.75 Å². The lowest BCUT2D eigenvalue weighted by Gasteiger charge is -2.23. The quantitative estimate of drug-likeness (QED) is 0.611. The van der Waals surface area contributed by atoms with Crippen molar-refractivity contribution < 1.29 is 22.3 Å². The summed E-state index contributed by atoms with van der Waals surface area (Å²) in [5, 5.41) is 0. The lowest BCUT2D eigenvalue weighted by molar-refractivity contribution is -0.155. The zero-order valence-electron chi connectivity index (χ0n) is 13.1. The van der Waals surface area contributed by atoms with Crippen LogP contribution >= 0.6 is 0 Å². The van der Waals surface area contributed by atoms with Gasteiger partial charge in [0.2, 0.25) is 0 Å². The summed E-state index contributed by atoms with van der Waals surface area (Å²) in [5.74, 6) is -0.885. The first-order chi connectivity index (χ1) is 10.8. The molecule has 2 bridgehead atoms. The molecule has 1 aromatic carbocycles. The summed E-state index contributed by atoms with van der Waals surface area (Å²) in [6, 6.07) is 4.65. The van der Waals surface area contributed by atoms with Crippen molar-refractivity contribution in [3.05, 3.63) is 30.1 Å². The van der Waals surface area contributed by atoms with E-state index < -0.39 is 27.5 Å². The minimum Gasteiger partial charge on any atom is -0.462 e. The average molecular weight is 340 g/mol. The van der Waals surface area contributed by atoms with E-state index in [1.54, 1.807) is 6.92 Å². The van der Waals surface area contributed by atoms with E-state index in [4.69, 9.17) is 4.74 Å². The van der Waals surface area contributed by atoms with Crippen LogP contribution in [0.4, 0.5) is 4.39 Å². The van der Waals surface area contributed by atoms with E-state index in [0.29, 0.717) is 11.8 Å². The second-order valence-corrected chi connectivity index (χ2v) is 8.82. The molecule has 0 heterocycles. The van der Waals surface area contributed by atoms with Crippen molar-refractivity contribution in [2.45, 2.75) is 43.6 Å². The molecule has 0 spiro atoms. The van der Waals surface area contributed by atoms with Gasteiger partial charge in [-0.3, -0.25) is 4.79 Å². The van der Waals surface area contributed by atoms with Crippen LogP contribution in [0.5, 0.6) is 0 Å². The normalized spacial score (nSPS) is 27.8. The van der Waals surface area contributed by atoms with Gasteiger partial charge < -0.3 is 4.74 Å². The van der Waals surface area contributed by atoms with Crippen molar-refractivity contribution in [2.24, 2.45) is 17.8 Å². The third-order valence-electron chi connectivity index (χ3n) is 4.99. The fraction of sp³-hybridized carbons (Fsp3) is 0.588. The fourth-order valence-corrected chi connectivity index (χ4v) is 5.27. The Morgan fingerprint density at radius 3 is 2.52 bits per heavy atom. The van der Waals surface area contributed by atoms with E-state index in [-0.39, 0.29) is 16.8 Å². The summed E-state index contributed by atoms with van der Waals surface area (Å²) >= 11 is 0. The standard InChI is InChI=1S/C17H21FO4S/c1-11(10-23(20,21)15-6-4-14(18)5-7-15)17(19)22-16-9-12-2-3-13(16)8-12/h4-7,11-13,16H,2-3,8-10H2,1H3/t11-,12+,13+,16+/m1/s1. The van der Waals surface area contributed by atoms with Crippen molar-refractivity contribution >= 4 is 15.8 Å². The predicted octanol–water partition coefficient (Wildman–Crippen LogP) is 2.97.